The SMILES string of the molecule is C=CCn1c(SCC(=O)Nc2sc3c(c2C(=O)OC)CCCC3)nnc1C(C)Oc1ccc(F)cc1Cl. The van der Waals surface area contributed by atoms with Crippen LogP contribution in [-0.4, -0.2) is 39.5 Å². The zero-order valence-corrected chi connectivity index (χ0v) is 22.8. The molecule has 2 heterocycles. The maximum atomic E-state index is 13.4. The Kier molecular flexibility index (Phi) is 8.88. The van der Waals surface area contributed by atoms with Gasteiger partial charge in [0.1, 0.15) is 16.6 Å². The summed E-state index contributed by atoms with van der Waals surface area (Å²) in [6.45, 7) is 5.96. The summed E-state index contributed by atoms with van der Waals surface area (Å²) in [5.74, 6) is -0.297. The summed E-state index contributed by atoms with van der Waals surface area (Å²) in [5, 5.41) is 12.5. The number of aryl methyl sites for hydroxylation is 1. The van der Waals surface area contributed by atoms with Gasteiger partial charge in [-0.1, -0.05) is 29.4 Å². The third-order valence-electron chi connectivity index (χ3n) is 5.76. The van der Waals surface area contributed by atoms with Crippen LogP contribution in [0.1, 0.15) is 52.5 Å². The van der Waals surface area contributed by atoms with Crippen molar-refractivity contribution < 1.29 is 23.5 Å². The number of carbonyl (C=O) groups is 2. The molecule has 8 nitrogen and oxygen atoms in total. The van der Waals surface area contributed by atoms with Gasteiger partial charge in [0.15, 0.2) is 17.1 Å². The van der Waals surface area contributed by atoms with E-state index < -0.39 is 17.9 Å². The summed E-state index contributed by atoms with van der Waals surface area (Å²) in [4.78, 5) is 26.4. The van der Waals surface area contributed by atoms with E-state index in [4.69, 9.17) is 21.1 Å². The van der Waals surface area contributed by atoms with E-state index in [9.17, 15) is 14.0 Å². The highest BCUT2D eigenvalue weighted by Gasteiger charge is 2.27. The van der Waals surface area contributed by atoms with Gasteiger partial charge in [-0.2, -0.15) is 0 Å². The zero-order valence-electron chi connectivity index (χ0n) is 20.4. The van der Waals surface area contributed by atoms with Crippen molar-refractivity contribution in [2.75, 3.05) is 18.2 Å². The molecule has 1 atom stereocenters. The first-order chi connectivity index (χ1) is 17.8. The van der Waals surface area contributed by atoms with Crippen molar-refractivity contribution in [2.24, 2.45) is 0 Å². The van der Waals surface area contributed by atoms with Crippen molar-refractivity contribution >= 4 is 51.6 Å². The van der Waals surface area contributed by atoms with Crippen molar-refractivity contribution in [1.29, 1.82) is 0 Å². The monoisotopic (exact) mass is 564 g/mol. The number of rotatable bonds is 10. The number of fused-ring (bicyclic) bond motifs is 1. The molecule has 4 rings (SSSR count). The predicted molar refractivity (Wildman–Crippen MR) is 142 cm³/mol. The summed E-state index contributed by atoms with van der Waals surface area (Å²) in [6, 6.07) is 3.89. The van der Waals surface area contributed by atoms with Gasteiger partial charge in [0.25, 0.3) is 0 Å². The lowest BCUT2D eigenvalue weighted by Crippen LogP contribution is -2.17. The highest BCUT2D eigenvalue weighted by Crippen LogP contribution is 2.38. The van der Waals surface area contributed by atoms with Gasteiger partial charge in [0.05, 0.1) is 23.4 Å². The number of carbonyl (C=O) groups excluding carboxylic acids is 2. The van der Waals surface area contributed by atoms with Crippen molar-refractivity contribution in [1.82, 2.24) is 14.8 Å². The molecule has 0 saturated heterocycles. The number of aromatic nitrogens is 3. The number of nitrogens with one attached hydrogen (secondary N) is 1. The number of ether oxygens (including phenoxy) is 2. The fourth-order valence-electron chi connectivity index (χ4n) is 4.09. The summed E-state index contributed by atoms with van der Waals surface area (Å²) in [7, 11) is 1.34. The predicted octanol–water partition coefficient (Wildman–Crippen LogP) is 5.85. The molecule has 37 heavy (non-hydrogen) atoms. The summed E-state index contributed by atoms with van der Waals surface area (Å²) in [5.41, 5.74) is 1.44. The van der Waals surface area contributed by atoms with E-state index in [1.165, 1.54) is 48.4 Å². The molecular formula is C25H26ClFN4O4S2. The molecule has 1 N–H and O–H groups in total. The minimum Gasteiger partial charge on any atom is -0.481 e. The Morgan fingerprint density at radius 1 is 1.35 bits per heavy atom. The lowest BCUT2D eigenvalue weighted by atomic mass is 9.95. The molecule has 1 aliphatic rings. The van der Waals surface area contributed by atoms with Crippen LogP contribution in [0.4, 0.5) is 9.39 Å². The molecule has 196 valence electrons. The van der Waals surface area contributed by atoms with Gasteiger partial charge in [-0.3, -0.25) is 9.36 Å². The van der Waals surface area contributed by atoms with Gasteiger partial charge in [-0.05, 0) is 56.4 Å². The minimum absolute atomic E-state index is 0.0531. The Hall–Kier alpha value is -2.89. The van der Waals surface area contributed by atoms with Crippen LogP contribution < -0.4 is 10.1 Å². The molecule has 1 aromatic carbocycles. The number of thiophene rings is 1. The molecule has 12 heteroatoms. The number of hydrogen-bond donors (Lipinski definition) is 1. The molecular weight excluding hydrogens is 539 g/mol. The lowest BCUT2D eigenvalue weighted by Gasteiger charge is -2.16. The molecule has 0 radical (unpaired) electrons. The zero-order chi connectivity index (χ0) is 26.5. The quantitative estimate of drug-likeness (QED) is 0.187. The largest absolute Gasteiger partial charge is 0.481 e. The molecule has 1 amide bonds. The molecule has 2 aromatic heterocycles. The fraction of sp³-hybridized carbons (Fsp3) is 0.360. The van der Waals surface area contributed by atoms with Crippen molar-refractivity contribution in [2.45, 2.75) is 50.4 Å². The van der Waals surface area contributed by atoms with Crippen LogP contribution >= 0.6 is 34.7 Å². The number of benzene rings is 1. The van der Waals surface area contributed by atoms with E-state index >= 15 is 0 Å². The Morgan fingerprint density at radius 2 is 2.14 bits per heavy atom. The lowest BCUT2D eigenvalue weighted by molar-refractivity contribution is -0.113. The van der Waals surface area contributed by atoms with E-state index in [1.807, 2.05) is 0 Å². The summed E-state index contributed by atoms with van der Waals surface area (Å²) in [6.07, 6.45) is 4.90. The van der Waals surface area contributed by atoms with E-state index in [2.05, 4.69) is 22.1 Å². The van der Waals surface area contributed by atoms with E-state index in [0.29, 0.717) is 33.8 Å². The maximum Gasteiger partial charge on any atom is 0.341 e. The van der Waals surface area contributed by atoms with Gasteiger partial charge >= 0.3 is 5.97 Å². The van der Waals surface area contributed by atoms with Crippen molar-refractivity contribution in [3.05, 3.63) is 63.5 Å². The van der Waals surface area contributed by atoms with Gasteiger partial charge in [0.2, 0.25) is 5.91 Å². The van der Waals surface area contributed by atoms with Crippen LogP contribution in [0.15, 0.2) is 36.0 Å². The third kappa shape index (κ3) is 6.16. The number of hydrogen-bond acceptors (Lipinski definition) is 8. The minimum atomic E-state index is -0.557. The third-order valence-corrected chi connectivity index (χ3v) is 8.23. The second-order valence-electron chi connectivity index (χ2n) is 8.32. The van der Waals surface area contributed by atoms with Gasteiger partial charge < -0.3 is 14.8 Å². The van der Waals surface area contributed by atoms with Crippen LogP contribution in [0.3, 0.4) is 0 Å². The second kappa shape index (κ2) is 12.1. The molecule has 0 aliphatic heterocycles. The normalized spacial score (nSPS) is 13.5. The van der Waals surface area contributed by atoms with Crippen LogP contribution in [0.2, 0.25) is 5.02 Å². The standard InChI is InChI=1S/C25H26ClFN4O4S2/c1-4-11-31-22(14(2)35-18-10-9-15(27)12-17(18)26)29-30-25(31)36-13-20(32)28-23-21(24(33)34-3)16-7-5-6-8-19(16)37-23/h4,9-10,12,14H,1,5-8,11,13H2,2-3H3,(H,28,32). The molecule has 1 unspecified atom stereocenters. The second-order valence-corrected chi connectivity index (χ2v) is 10.8. The highest BCUT2D eigenvalue weighted by atomic mass is 35.5. The Labute approximate surface area is 227 Å². The van der Waals surface area contributed by atoms with Crippen LogP contribution in [0.5, 0.6) is 5.75 Å². The summed E-state index contributed by atoms with van der Waals surface area (Å²) >= 11 is 8.73. The number of halogens is 2. The number of thioether (sulfide) groups is 1. The Morgan fingerprint density at radius 3 is 2.86 bits per heavy atom. The molecule has 0 bridgehead atoms. The number of esters is 1. The Bertz CT molecular complexity index is 1330. The molecule has 0 fully saturated rings. The first-order valence-electron chi connectivity index (χ1n) is 11.6. The molecule has 0 saturated carbocycles. The van der Waals surface area contributed by atoms with E-state index in [-0.39, 0.29) is 16.7 Å². The highest BCUT2D eigenvalue weighted by molar-refractivity contribution is 7.99. The van der Waals surface area contributed by atoms with Crippen molar-refractivity contribution in [3.8, 4) is 5.75 Å². The molecule has 0 spiro atoms. The fourth-order valence-corrected chi connectivity index (χ4v) is 6.35. The topological polar surface area (TPSA) is 95.3 Å². The number of nitrogens with zero attached hydrogens (tertiary/aromatic N) is 3. The van der Waals surface area contributed by atoms with Gasteiger partial charge in [-0.25, -0.2) is 9.18 Å². The number of methoxy groups -OCH3 is 1. The number of allylic oxidation sites excluding steroid dienone is 1. The first kappa shape index (κ1) is 27.2. The van der Waals surface area contributed by atoms with Crippen LogP contribution in [0.25, 0.3) is 0 Å². The van der Waals surface area contributed by atoms with Gasteiger partial charge in [-0.15, -0.1) is 28.1 Å². The number of anilines is 1. The van der Waals surface area contributed by atoms with E-state index in [0.717, 1.165) is 36.1 Å². The average Bonchev–Trinajstić information content (AvgIpc) is 3.45. The Balaban J connectivity index is 1.46. The average molecular weight is 565 g/mol. The smallest absolute Gasteiger partial charge is 0.341 e. The molecule has 3 aromatic rings. The summed E-state index contributed by atoms with van der Waals surface area (Å²) < 4.78 is 26.0. The maximum absolute atomic E-state index is 13.4. The van der Waals surface area contributed by atoms with E-state index in [1.54, 1.807) is 17.6 Å². The van der Waals surface area contributed by atoms with Crippen molar-refractivity contribution in [3.63, 3.8) is 0 Å². The number of amides is 1. The first-order valence-corrected chi connectivity index (χ1v) is 13.8. The molecule has 1 aliphatic carbocycles. The van der Waals surface area contributed by atoms with Crippen LogP contribution in [-0.2, 0) is 28.9 Å². The van der Waals surface area contributed by atoms with Crippen LogP contribution in [0, 0.1) is 5.82 Å². The van der Waals surface area contributed by atoms with Gasteiger partial charge in [0, 0.05) is 11.4 Å².